The average molecular weight is 397 g/mol. The highest BCUT2D eigenvalue weighted by molar-refractivity contribution is 6.33. The summed E-state index contributed by atoms with van der Waals surface area (Å²) in [4.78, 5) is 14.7. The number of morpholine rings is 1. The summed E-state index contributed by atoms with van der Waals surface area (Å²) in [6.45, 7) is 3.14. The maximum Gasteiger partial charge on any atom is 0.252 e. The smallest absolute Gasteiger partial charge is 0.252 e. The summed E-state index contributed by atoms with van der Waals surface area (Å²) in [6.07, 6.45) is 0. The molecule has 1 amide bonds. The first-order chi connectivity index (χ1) is 12.6. The van der Waals surface area contributed by atoms with Gasteiger partial charge >= 0.3 is 0 Å². The van der Waals surface area contributed by atoms with Crippen molar-refractivity contribution in [1.29, 1.82) is 0 Å². The van der Waals surface area contributed by atoms with Gasteiger partial charge in [-0.1, -0.05) is 41.4 Å². The molecule has 1 atom stereocenters. The van der Waals surface area contributed by atoms with Gasteiger partial charge in [0.2, 0.25) is 0 Å². The van der Waals surface area contributed by atoms with Crippen molar-refractivity contribution in [3.63, 3.8) is 0 Å². The lowest BCUT2D eigenvalue weighted by Crippen LogP contribution is -2.44. The molecule has 26 heavy (non-hydrogen) atoms. The predicted molar refractivity (Wildman–Crippen MR) is 100 cm³/mol. The Hall–Kier alpha value is -1.66. The van der Waals surface area contributed by atoms with Gasteiger partial charge in [0.15, 0.2) is 0 Å². The van der Waals surface area contributed by atoms with Gasteiger partial charge in [0.25, 0.3) is 5.91 Å². The third-order valence-corrected chi connectivity index (χ3v) is 5.04. The molecule has 1 N–H and O–H groups in total. The highest BCUT2D eigenvalue weighted by Crippen LogP contribution is 2.28. The van der Waals surface area contributed by atoms with Gasteiger partial charge in [-0.3, -0.25) is 9.69 Å². The molecule has 1 unspecified atom stereocenters. The quantitative estimate of drug-likeness (QED) is 0.831. The molecule has 0 radical (unpaired) electrons. The number of rotatable bonds is 5. The number of hydrogen-bond acceptors (Lipinski definition) is 3. The van der Waals surface area contributed by atoms with E-state index in [0.717, 1.165) is 24.7 Å². The molecule has 0 aliphatic carbocycles. The third-order valence-electron chi connectivity index (χ3n) is 4.38. The Morgan fingerprint density at radius 2 is 1.88 bits per heavy atom. The van der Waals surface area contributed by atoms with Crippen LogP contribution < -0.4 is 5.32 Å². The minimum Gasteiger partial charge on any atom is -0.379 e. The summed E-state index contributed by atoms with van der Waals surface area (Å²) in [7, 11) is 0. The van der Waals surface area contributed by atoms with E-state index in [0.29, 0.717) is 24.8 Å². The molecule has 1 aliphatic rings. The van der Waals surface area contributed by atoms with E-state index in [1.165, 1.54) is 12.1 Å². The molecule has 1 aliphatic heterocycles. The van der Waals surface area contributed by atoms with Gasteiger partial charge in [-0.25, -0.2) is 4.39 Å². The lowest BCUT2D eigenvalue weighted by atomic mass is 10.0. The molecule has 1 fully saturated rings. The summed E-state index contributed by atoms with van der Waals surface area (Å²) in [6, 6.07) is 11.2. The Morgan fingerprint density at radius 1 is 1.15 bits per heavy atom. The van der Waals surface area contributed by atoms with Crippen LogP contribution in [0.2, 0.25) is 10.0 Å². The number of nitrogens with zero attached hydrogens (tertiary/aromatic N) is 1. The summed E-state index contributed by atoms with van der Waals surface area (Å²) < 4.78 is 18.6. The van der Waals surface area contributed by atoms with Crippen LogP contribution in [0.1, 0.15) is 22.0 Å². The van der Waals surface area contributed by atoms with Crippen molar-refractivity contribution in [3.05, 3.63) is 69.5 Å². The van der Waals surface area contributed by atoms with Crippen molar-refractivity contribution >= 4 is 29.1 Å². The maximum absolute atomic E-state index is 13.2. The second-order valence-electron chi connectivity index (χ2n) is 6.02. The van der Waals surface area contributed by atoms with Gasteiger partial charge in [-0.05, 0) is 29.8 Å². The van der Waals surface area contributed by atoms with Crippen LogP contribution in [-0.2, 0) is 4.74 Å². The molecule has 1 saturated heterocycles. The van der Waals surface area contributed by atoms with Crippen molar-refractivity contribution < 1.29 is 13.9 Å². The lowest BCUT2D eigenvalue weighted by molar-refractivity contribution is 0.0162. The highest BCUT2D eigenvalue weighted by Gasteiger charge is 2.25. The molecule has 0 spiro atoms. The fourth-order valence-electron chi connectivity index (χ4n) is 3.03. The standard InChI is InChI=1S/C19H19Cl2FN2O2/c20-16-4-2-1-3-14(16)18(24-7-9-26-10-8-24)12-23-19(25)15-6-5-13(22)11-17(15)21/h1-6,11,18H,7-10,12H2,(H,23,25). The van der Waals surface area contributed by atoms with E-state index >= 15 is 0 Å². The first kappa shape index (κ1) is 19.1. The van der Waals surface area contributed by atoms with E-state index in [4.69, 9.17) is 27.9 Å². The molecular weight excluding hydrogens is 378 g/mol. The summed E-state index contributed by atoms with van der Waals surface area (Å²) in [5, 5.41) is 3.63. The number of carbonyl (C=O) groups excluding carboxylic acids is 1. The van der Waals surface area contributed by atoms with E-state index in [9.17, 15) is 9.18 Å². The molecule has 4 nitrogen and oxygen atoms in total. The van der Waals surface area contributed by atoms with Crippen molar-refractivity contribution in [2.75, 3.05) is 32.8 Å². The maximum atomic E-state index is 13.2. The van der Waals surface area contributed by atoms with Crippen LogP contribution >= 0.6 is 23.2 Å². The minimum absolute atomic E-state index is 0.0863. The summed E-state index contributed by atoms with van der Waals surface area (Å²) >= 11 is 12.4. The Labute approximate surface area is 161 Å². The zero-order valence-electron chi connectivity index (χ0n) is 14.1. The van der Waals surface area contributed by atoms with Crippen molar-refractivity contribution in [1.82, 2.24) is 10.2 Å². The topological polar surface area (TPSA) is 41.6 Å². The third kappa shape index (κ3) is 4.54. The highest BCUT2D eigenvalue weighted by atomic mass is 35.5. The Kier molecular flexibility index (Phi) is 6.48. The first-order valence-electron chi connectivity index (χ1n) is 8.35. The van der Waals surface area contributed by atoms with Crippen LogP contribution in [0, 0.1) is 5.82 Å². The Morgan fingerprint density at radius 3 is 2.58 bits per heavy atom. The van der Waals surface area contributed by atoms with E-state index in [-0.39, 0.29) is 22.5 Å². The normalized spacial score (nSPS) is 16.3. The minimum atomic E-state index is -0.478. The second-order valence-corrected chi connectivity index (χ2v) is 6.83. The number of carbonyl (C=O) groups is 1. The molecule has 3 rings (SSSR count). The van der Waals surface area contributed by atoms with E-state index in [1.54, 1.807) is 0 Å². The van der Waals surface area contributed by atoms with Crippen molar-refractivity contribution in [2.45, 2.75) is 6.04 Å². The molecule has 0 aromatic heterocycles. The van der Waals surface area contributed by atoms with Crippen LogP contribution in [0.25, 0.3) is 0 Å². The summed E-state index contributed by atoms with van der Waals surface area (Å²) in [5.74, 6) is -0.825. The van der Waals surface area contributed by atoms with Gasteiger partial charge in [0.1, 0.15) is 5.82 Å². The van der Waals surface area contributed by atoms with Crippen molar-refractivity contribution in [3.8, 4) is 0 Å². The molecule has 138 valence electrons. The van der Waals surface area contributed by atoms with E-state index in [1.807, 2.05) is 24.3 Å². The van der Waals surface area contributed by atoms with Crippen LogP contribution in [0.3, 0.4) is 0 Å². The average Bonchev–Trinajstić information content (AvgIpc) is 2.64. The van der Waals surface area contributed by atoms with Crippen LogP contribution in [-0.4, -0.2) is 43.7 Å². The van der Waals surface area contributed by atoms with Crippen LogP contribution in [0.4, 0.5) is 4.39 Å². The van der Waals surface area contributed by atoms with Gasteiger partial charge in [0, 0.05) is 24.7 Å². The largest absolute Gasteiger partial charge is 0.379 e. The molecule has 0 bridgehead atoms. The molecule has 2 aromatic carbocycles. The molecular formula is C19H19Cl2FN2O2. The zero-order chi connectivity index (χ0) is 18.5. The van der Waals surface area contributed by atoms with Gasteiger partial charge in [-0.2, -0.15) is 0 Å². The van der Waals surface area contributed by atoms with Gasteiger partial charge in [0.05, 0.1) is 29.8 Å². The number of hydrogen-bond donors (Lipinski definition) is 1. The SMILES string of the molecule is O=C(NCC(c1ccccc1Cl)N1CCOCC1)c1ccc(F)cc1Cl. The Bertz CT molecular complexity index is 782. The number of ether oxygens (including phenoxy) is 1. The zero-order valence-corrected chi connectivity index (χ0v) is 15.6. The number of benzene rings is 2. The van der Waals surface area contributed by atoms with Crippen LogP contribution in [0.15, 0.2) is 42.5 Å². The molecule has 7 heteroatoms. The fraction of sp³-hybridized carbons (Fsp3) is 0.316. The molecule has 0 saturated carbocycles. The van der Waals surface area contributed by atoms with E-state index < -0.39 is 5.82 Å². The summed E-state index contributed by atoms with van der Waals surface area (Å²) in [5.41, 5.74) is 1.19. The van der Waals surface area contributed by atoms with E-state index in [2.05, 4.69) is 10.2 Å². The monoisotopic (exact) mass is 396 g/mol. The number of halogens is 3. The number of amides is 1. The predicted octanol–water partition coefficient (Wildman–Crippen LogP) is 3.94. The molecule has 2 aromatic rings. The van der Waals surface area contributed by atoms with Crippen LogP contribution in [0.5, 0.6) is 0 Å². The fourth-order valence-corrected chi connectivity index (χ4v) is 3.54. The number of nitrogens with one attached hydrogen (secondary N) is 1. The van der Waals surface area contributed by atoms with Gasteiger partial charge < -0.3 is 10.1 Å². The Balaban J connectivity index is 1.77. The second kappa shape index (κ2) is 8.82. The van der Waals surface area contributed by atoms with Gasteiger partial charge in [-0.15, -0.1) is 0 Å². The first-order valence-corrected chi connectivity index (χ1v) is 9.11. The lowest BCUT2D eigenvalue weighted by Gasteiger charge is -2.35. The molecule has 1 heterocycles. The van der Waals surface area contributed by atoms with Crippen molar-refractivity contribution in [2.24, 2.45) is 0 Å².